The molecule has 0 fully saturated rings. The van der Waals surface area contributed by atoms with Crippen molar-refractivity contribution >= 4 is 17.3 Å². The smallest absolute Gasteiger partial charge is 0.337 e. The van der Waals surface area contributed by atoms with Crippen LogP contribution in [0.25, 0.3) is 0 Å². The van der Waals surface area contributed by atoms with Gasteiger partial charge in [-0.3, -0.25) is 0 Å². The molecule has 0 saturated carbocycles. The molecule has 92 valence electrons. The zero-order chi connectivity index (χ0) is 13.0. The molecule has 0 saturated heterocycles. The van der Waals surface area contributed by atoms with E-state index in [-0.39, 0.29) is 5.97 Å². The number of ether oxygens (including phenoxy) is 1. The molecule has 0 atom stereocenters. The van der Waals surface area contributed by atoms with Crippen LogP contribution >= 0.6 is 0 Å². The third-order valence-electron chi connectivity index (χ3n) is 2.80. The zero-order valence-corrected chi connectivity index (χ0v) is 10.5. The summed E-state index contributed by atoms with van der Waals surface area (Å²) in [5.74, 6) is -0.321. The van der Waals surface area contributed by atoms with E-state index in [1.807, 2.05) is 60.5 Å². The lowest BCUT2D eigenvalue weighted by atomic mass is 10.2. The van der Waals surface area contributed by atoms with Crippen LogP contribution in [0.2, 0.25) is 0 Å². The average molecular weight is 241 g/mol. The molecule has 0 radical (unpaired) electrons. The molecule has 2 aromatic rings. The van der Waals surface area contributed by atoms with E-state index >= 15 is 0 Å². The maximum Gasteiger partial charge on any atom is 0.337 e. The SMILES string of the molecule is COC(=O)c1cccc(N(C)c2ccccc2)c1. The van der Waals surface area contributed by atoms with Crippen LogP contribution < -0.4 is 4.90 Å². The molecule has 0 unspecified atom stereocenters. The summed E-state index contributed by atoms with van der Waals surface area (Å²) in [6, 6.07) is 17.3. The highest BCUT2D eigenvalue weighted by Gasteiger charge is 2.08. The van der Waals surface area contributed by atoms with Crippen LogP contribution in [0, 0.1) is 0 Å². The van der Waals surface area contributed by atoms with Crippen LogP contribution in [-0.4, -0.2) is 20.1 Å². The maximum absolute atomic E-state index is 11.5. The van der Waals surface area contributed by atoms with Crippen LogP contribution in [0.4, 0.5) is 11.4 Å². The van der Waals surface area contributed by atoms with E-state index in [1.54, 1.807) is 6.07 Å². The van der Waals surface area contributed by atoms with Gasteiger partial charge in [0.1, 0.15) is 0 Å². The lowest BCUT2D eigenvalue weighted by molar-refractivity contribution is 0.0601. The van der Waals surface area contributed by atoms with Crippen molar-refractivity contribution in [1.82, 2.24) is 0 Å². The van der Waals surface area contributed by atoms with Crippen molar-refractivity contribution in [2.45, 2.75) is 0 Å². The van der Waals surface area contributed by atoms with Gasteiger partial charge in [0.2, 0.25) is 0 Å². The third kappa shape index (κ3) is 2.51. The number of anilines is 2. The molecule has 2 aromatic carbocycles. The molecule has 2 rings (SSSR count). The van der Waals surface area contributed by atoms with Gasteiger partial charge in [0.05, 0.1) is 12.7 Å². The zero-order valence-electron chi connectivity index (χ0n) is 10.5. The van der Waals surface area contributed by atoms with Gasteiger partial charge in [0, 0.05) is 18.4 Å². The number of hydrogen-bond donors (Lipinski definition) is 0. The Morgan fingerprint density at radius 3 is 2.33 bits per heavy atom. The van der Waals surface area contributed by atoms with E-state index in [0.29, 0.717) is 5.56 Å². The molecule has 3 heteroatoms. The van der Waals surface area contributed by atoms with Gasteiger partial charge in [-0.1, -0.05) is 24.3 Å². The molecule has 0 bridgehead atoms. The summed E-state index contributed by atoms with van der Waals surface area (Å²) in [4.78, 5) is 13.5. The molecule has 3 nitrogen and oxygen atoms in total. The van der Waals surface area contributed by atoms with E-state index in [2.05, 4.69) is 0 Å². The number of nitrogens with zero attached hydrogens (tertiary/aromatic N) is 1. The monoisotopic (exact) mass is 241 g/mol. The first kappa shape index (κ1) is 12.2. The normalized spacial score (nSPS) is 9.89. The summed E-state index contributed by atoms with van der Waals surface area (Å²) in [6.07, 6.45) is 0. The van der Waals surface area contributed by atoms with Crippen molar-refractivity contribution in [2.24, 2.45) is 0 Å². The first-order valence-electron chi connectivity index (χ1n) is 5.69. The second-order valence-electron chi connectivity index (χ2n) is 3.94. The number of rotatable bonds is 3. The van der Waals surface area contributed by atoms with Gasteiger partial charge in [0.15, 0.2) is 0 Å². The minimum Gasteiger partial charge on any atom is -0.465 e. The number of carbonyl (C=O) groups excluding carboxylic acids is 1. The summed E-state index contributed by atoms with van der Waals surface area (Å²) >= 11 is 0. The Morgan fingerprint density at radius 1 is 1.00 bits per heavy atom. The van der Waals surface area contributed by atoms with Crippen molar-refractivity contribution < 1.29 is 9.53 Å². The minimum absolute atomic E-state index is 0.321. The molecule has 0 amide bonds. The van der Waals surface area contributed by atoms with Crippen molar-refractivity contribution in [3.05, 3.63) is 60.2 Å². The number of benzene rings is 2. The molecule has 0 aliphatic carbocycles. The number of methoxy groups -OCH3 is 1. The fraction of sp³-hybridized carbons (Fsp3) is 0.133. The van der Waals surface area contributed by atoms with Crippen LogP contribution in [0.3, 0.4) is 0 Å². The van der Waals surface area contributed by atoms with Crippen molar-refractivity contribution in [3.8, 4) is 0 Å². The molecule has 0 aromatic heterocycles. The highest BCUT2D eigenvalue weighted by Crippen LogP contribution is 2.23. The average Bonchev–Trinajstić information content (AvgIpc) is 2.46. The third-order valence-corrected chi connectivity index (χ3v) is 2.80. The quantitative estimate of drug-likeness (QED) is 0.772. The van der Waals surface area contributed by atoms with Crippen LogP contribution in [0.5, 0.6) is 0 Å². The lowest BCUT2D eigenvalue weighted by Crippen LogP contribution is -2.10. The van der Waals surface area contributed by atoms with Crippen molar-refractivity contribution in [1.29, 1.82) is 0 Å². The Bertz CT molecular complexity index is 537. The van der Waals surface area contributed by atoms with Crippen LogP contribution in [0.1, 0.15) is 10.4 Å². The van der Waals surface area contributed by atoms with Crippen molar-refractivity contribution in [2.75, 3.05) is 19.1 Å². The predicted octanol–water partition coefficient (Wildman–Crippen LogP) is 3.24. The van der Waals surface area contributed by atoms with E-state index in [0.717, 1.165) is 11.4 Å². The Morgan fingerprint density at radius 2 is 1.67 bits per heavy atom. The fourth-order valence-corrected chi connectivity index (χ4v) is 1.76. The topological polar surface area (TPSA) is 29.5 Å². The second kappa shape index (κ2) is 5.36. The molecular formula is C15H15NO2. The van der Waals surface area contributed by atoms with E-state index < -0.39 is 0 Å². The highest BCUT2D eigenvalue weighted by molar-refractivity contribution is 5.90. The van der Waals surface area contributed by atoms with Gasteiger partial charge in [-0.05, 0) is 30.3 Å². The summed E-state index contributed by atoms with van der Waals surface area (Å²) in [5.41, 5.74) is 2.57. The highest BCUT2D eigenvalue weighted by atomic mass is 16.5. The Balaban J connectivity index is 2.31. The number of carbonyl (C=O) groups is 1. The van der Waals surface area contributed by atoms with Crippen LogP contribution in [-0.2, 0) is 4.74 Å². The summed E-state index contributed by atoms with van der Waals surface area (Å²) in [6.45, 7) is 0. The first-order valence-corrected chi connectivity index (χ1v) is 5.69. The van der Waals surface area contributed by atoms with Crippen molar-refractivity contribution in [3.63, 3.8) is 0 Å². The molecule has 0 aliphatic rings. The molecule has 0 aliphatic heterocycles. The summed E-state index contributed by atoms with van der Waals surface area (Å²) < 4.78 is 4.72. The molecule has 0 heterocycles. The van der Waals surface area contributed by atoms with Gasteiger partial charge in [-0.25, -0.2) is 4.79 Å². The van der Waals surface area contributed by atoms with E-state index in [1.165, 1.54) is 7.11 Å². The first-order chi connectivity index (χ1) is 8.72. The maximum atomic E-state index is 11.5. The summed E-state index contributed by atoms with van der Waals surface area (Å²) in [7, 11) is 3.35. The molecule has 18 heavy (non-hydrogen) atoms. The number of para-hydroxylation sites is 1. The fourth-order valence-electron chi connectivity index (χ4n) is 1.76. The number of hydrogen-bond acceptors (Lipinski definition) is 3. The van der Waals surface area contributed by atoms with E-state index in [9.17, 15) is 4.79 Å². The van der Waals surface area contributed by atoms with Gasteiger partial charge in [-0.15, -0.1) is 0 Å². The Kier molecular flexibility index (Phi) is 3.63. The molecule has 0 N–H and O–H groups in total. The van der Waals surface area contributed by atoms with Gasteiger partial charge >= 0.3 is 5.97 Å². The minimum atomic E-state index is -0.321. The summed E-state index contributed by atoms with van der Waals surface area (Å²) in [5, 5.41) is 0. The standard InChI is InChI=1S/C15H15NO2/c1-16(13-8-4-3-5-9-13)14-10-6-7-12(11-14)15(17)18-2/h3-11H,1-2H3. The Labute approximate surface area is 107 Å². The van der Waals surface area contributed by atoms with Gasteiger partial charge in [0.25, 0.3) is 0 Å². The molecule has 0 spiro atoms. The van der Waals surface area contributed by atoms with E-state index in [4.69, 9.17) is 4.74 Å². The van der Waals surface area contributed by atoms with Gasteiger partial charge in [-0.2, -0.15) is 0 Å². The second-order valence-corrected chi connectivity index (χ2v) is 3.94. The van der Waals surface area contributed by atoms with Gasteiger partial charge < -0.3 is 9.64 Å². The predicted molar refractivity (Wildman–Crippen MR) is 72.3 cm³/mol. The van der Waals surface area contributed by atoms with Crippen LogP contribution in [0.15, 0.2) is 54.6 Å². The largest absolute Gasteiger partial charge is 0.465 e. The number of esters is 1. The Hall–Kier alpha value is -2.29. The molecular weight excluding hydrogens is 226 g/mol. The lowest BCUT2D eigenvalue weighted by Gasteiger charge is -2.19.